The maximum atomic E-state index is 12.3. The number of fused-ring (bicyclic) bond motifs is 1. The van der Waals surface area contributed by atoms with Crippen LogP contribution in [0.5, 0.6) is 5.75 Å². The first-order valence-electron chi connectivity index (χ1n) is 7.12. The first-order chi connectivity index (χ1) is 11.5. The molecule has 7 nitrogen and oxygen atoms in total. The fourth-order valence-corrected chi connectivity index (χ4v) is 2.49. The number of esters is 1. The molecule has 2 aromatic carbocycles. The number of amides is 1. The molecule has 0 saturated carbocycles. The third-order valence-electron chi connectivity index (χ3n) is 3.68. The zero-order valence-electron chi connectivity index (χ0n) is 12.4. The van der Waals surface area contributed by atoms with Crippen LogP contribution in [0.4, 0.5) is 5.69 Å². The van der Waals surface area contributed by atoms with Gasteiger partial charge in [0.15, 0.2) is 6.10 Å². The first-order valence-corrected chi connectivity index (χ1v) is 7.12. The first kappa shape index (κ1) is 15.5. The molecule has 0 bridgehead atoms. The number of carboxylic acids is 1. The van der Waals surface area contributed by atoms with Crippen molar-refractivity contribution in [2.75, 3.05) is 5.32 Å². The number of carbonyl (C=O) groups excluding carboxylic acids is 2. The summed E-state index contributed by atoms with van der Waals surface area (Å²) in [5, 5.41) is 21.0. The van der Waals surface area contributed by atoms with E-state index in [1.165, 1.54) is 12.1 Å². The Hall–Kier alpha value is -3.35. The van der Waals surface area contributed by atoms with E-state index in [1.54, 1.807) is 24.3 Å². The number of hydrogen-bond donors (Lipinski definition) is 3. The maximum absolute atomic E-state index is 12.3. The van der Waals surface area contributed by atoms with Crippen molar-refractivity contribution in [3.8, 4) is 5.75 Å². The highest BCUT2D eigenvalue weighted by atomic mass is 16.5. The van der Waals surface area contributed by atoms with Gasteiger partial charge >= 0.3 is 11.9 Å². The van der Waals surface area contributed by atoms with Crippen LogP contribution >= 0.6 is 0 Å². The van der Waals surface area contributed by atoms with Crippen molar-refractivity contribution in [2.24, 2.45) is 0 Å². The molecule has 0 aromatic heterocycles. The van der Waals surface area contributed by atoms with E-state index in [2.05, 4.69) is 5.32 Å². The molecule has 0 spiro atoms. The highest BCUT2D eigenvalue weighted by Crippen LogP contribution is 2.24. The molecule has 0 radical (unpaired) electrons. The Morgan fingerprint density at radius 1 is 1.17 bits per heavy atom. The van der Waals surface area contributed by atoms with Crippen molar-refractivity contribution in [2.45, 2.75) is 12.5 Å². The van der Waals surface area contributed by atoms with E-state index < -0.39 is 29.7 Å². The second-order valence-corrected chi connectivity index (χ2v) is 5.28. The van der Waals surface area contributed by atoms with Crippen LogP contribution in [0, 0.1) is 0 Å². The number of anilines is 1. The summed E-state index contributed by atoms with van der Waals surface area (Å²) in [6, 6.07) is 10.5. The lowest BCUT2D eigenvalue weighted by molar-refractivity contribution is -0.125. The van der Waals surface area contributed by atoms with E-state index in [4.69, 9.17) is 9.84 Å². The number of ether oxygens (including phenoxy) is 1. The molecule has 1 amide bonds. The van der Waals surface area contributed by atoms with Gasteiger partial charge in [-0.25, -0.2) is 9.59 Å². The Morgan fingerprint density at radius 2 is 1.92 bits per heavy atom. The summed E-state index contributed by atoms with van der Waals surface area (Å²) in [6.07, 6.45) is -0.749. The van der Waals surface area contributed by atoms with Crippen molar-refractivity contribution in [1.82, 2.24) is 0 Å². The van der Waals surface area contributed by atoms with Gasteiger partial charge in [-0.1, -0.05) is 18.2 Å². The van der Waals surface area contributed by atoms with Crippen LogP contribution in [-0.4, -0.2) is 34.2 Å². The van der Waals surface area contributed by atoms with Crippen molar-refractivity contribution in [1.29, 1.82) is 0 Å². The molecule has 0 fully saturated rings. The summed E-state index contributed by atoms with van der Waals surface area (Å²) in [7, 11) is 0. The largest absolute Gasteiger partial charge is 0.507 e. The number of benzene rings is 2. The average molecular weight is 327 g/mol. The summed E-state index contributed by atoms with van der Waals surface area (Å²) < 4.78 is 5.13. The predicted molar refractivity (Wildman–Crippen MR) is 83.0 cm³/mol. The zero-order valence-corrected chi connectivity index (χ0v) is 12.4. The lowest BCUT2D eigenvalue weighted by Gasteiger charge is -2.23. The minimum atomic E-state index is -1.27. The van der Waals surface area contributed by atoms with E-state index in [9.17, 15) is 19.5 Å². The Morgan fingerprint density at radius 3 is 2.62 bits per heavy atom. The molecule has 0 saturated heterocycles. The SMILES string of the molecule is O=C(O)c1ccc(NC(=O)C2Cc3ccccc3C(=O)O2)cc1O. The van der Waals surface area contributed by atoms with E-state index in [-0.39, 0.29) is 17.7 Å². The molecule has 7 heteroatoms. The average Bonchev–Trinajstić information content (AvgIpc) is 2.54. The monoisotopic (exact) mass is 327 g/mol. The highest BCUT2D eigenvalue weighted by Gasteiger charge is 2.31. The Balaban J connectivity index is 1.76. The number of aromatic carboxylic acids is 1. The fourth-order valence-electron chi connectivity index (χ4n) is 2.49. The molecule has 24 heavy (non-hydrogen) atoms. The van der Waals surface area contributed by atoms with Crippen LogP contribution in [0.15, 0.2) is 42.5 Å². The van der Waals surface area contributed by atoms with Gasteiger partial charge in [0.05, 0.1) is 5.56 Å². The molecule has 1 atom stereocenters. The molecule has 3 rings (SSSR count). The minimum Gasteiger partial charge on any atom is -0.507 e. The third-order valence-corrected chi connectivity index (χ3v) is 3.68. The summed E-state index contributed by atoms with van der Waals surface area (Å²) >= 11 is 0. The van der Waals surface area contributed by atoms with Crippen molar-refractivity contribution >= 4 is 23.5 Å². The standard InChI is InChI=1S/C17H13NO6/c19-13-8-10(5-6-12(13)16(21)22)18-15(20)14-7-9-3-1-2-4-11(9)17(23)24-14/h1-6,8,14,19H,7H2,(H,18,20)(H,21,22). The summed E-state index contributed by atoms with van der Waals surface area (Å²) in [6.45, 7) is 0. The minimum absolute atomic E-state index is 0.206. The van der Waals surface area contributed by atoms with E-state index >= 15 is 0 Å². The lowest BCUT2D eigenvalue weighted by Crippen LogP contribution is -2.37. The second kappa shape index (κ2) is 6.04. The van der Waals surface area contributed by atoms with E-state index in [1.807, 2.05) is 0 Å². The molecule has 122 valence electrons. The lowest BCUT2D eigenvalue weighted by atomic mass is 9.98. The van der Waals surface area contributed by atoms with Crippen LogP contribution < -0.4 is 5.32 Å². The summed E-state index contributed by atoms with van der Waals surface area (Å²) in [5.74, 6) is -2.86. The number of carboxylic acid groups (broad SMARTS) is 1. The molecule has 1 aliphatic rings. The van der Waals surface area contributed by atoms with Crippen LogP contribution in [0.3, 0.4) is 0 Å². The molecule has 0 aliphatic carbocycles. The van der Waals surface area contributed by atoms with E-state index in [0.29, 0.717) is 5.56 Å². The van der Waals surface area contributed by atoms with Gasteiger partial charge in [0, 0.05) is 18.2 Å². The van der Waals surface area contributed by atoms with Gasteiger partial charge in [-0.3, -0.25) is 4.79 Å². The number of phenols is 1. The molecule has 1 heterocycles. The second-order valence-electron chi connectivity index (χ2n) is 5.28. The number of nitrogens with one attached hydrogen (secondary N) is 1. The van der Waals surface area contributed by atoms with Crippen LogP contribution in [0.1, 0.15) is 26.3 Å². The van der Waals surface area contributed by atoms with Crippen LogP contribution in [0.2, 0.25) is 0 Å². The van der Waals surface area contributed by atoms with Gasteiger partial charge in [0.2, 0.25) is 0 Å². The maximum Gasteiger partial charge on any atom is 0.339 e. The molecule has 2 aromatic rings. The molecular weight excluding hydrogens is 314 g/mol. The van der Waals surface area contributed by atoms with Gasteiger partial charge in [-0.2, -0.15) is 0 Å². The van der Waals surface area contributed by atoms with Crippen LogP contribution in [-0.2, 0) is 16.0 Å². The summed E-state index contributed by atoms with van der Waals surface area (Å²) in [4.78, 5) is 35.0. The zero-order chi connectivity index (χ0) is 17.3. The third kappa shape index (κ3) is 2.91. The normalized spacial score (nSPS) is 16.0. The topological polar surface area (TPSA) is 113 Å². The molecule has 3 N–H and O–H groups in total. The van der Waals surface area contributed by atoms with Crippen molar-refractivity contribution < 1.29 is 29.3 Å². The Bertz CT molecular complexity index is 845. The van der Waals surface area contributed by atoms with Gasteiger partial charge in [0.25, 0.3) is 5.91 Å². The predicted octanol–water partition coefficient (Wildman–Crippen LogP) is 1.81. The molecular formula is C17H13NO6. The summed E-state index contributed by atoms with van der Waals surface area (Å²) in [5.41, 5.74) is 1.09. The van der Waals surface area contributed by atoms with Gasteiger partial charge in [-0.05, 0) is 23.8 Å². The van der Waals surface area contributed by atoms with E-state index in [0.717, 1.165) is 11.6 Å². The number of carbonyl (C=O) groups is 3. The van der Waals surface area contributed by atoms with Gasteiger partial charge in [-0.15, -0.1) is 0 Å². The fraction of sp³-hybridized carbons (Fsp3) is 0.118. The molecule has 1 unspecified atom stereocenters. The Labute approximate surface area is 136 Å². The quantitative estimate of drug-likeness (QED) is 0.741. The van der Waals surface area contributed by atoms with Gasteiger partial charge in [0.1, 0.15) is 11.3 Å². The smallest absolute Gasteiger partial charge is 0.339 e. The highest BCUT2D eigenvalue weighted by molar-refractivity contribution is 6.00. The van der Waals surface area contributed by atoms with Crippen LogP contribution in [0.25, 0.3) is 0 Å². The van der Waals surface area contributed by atoms with Crippen molar-refractivity contribution in [3.63, 3.8) is 0 Å². The van der Waals surface area contributed by atoms with Crippen molar-refractivity contribution in [3.05, 3.63) is 59.2 Å². The van der Waals surface area contributed by atoms with Gasteiger partial charge < -0.3 is 20.3 Å². The number of cyclic esters (lactones) is 1. The number of hydrogen-bond acceptors (Lipinski definition) is 5. The molecule has 1 aliphatic heterocycles. The number of aromatic hydroxyl groups is 1. The number of rotatable bonds is 3. The Kier molecular flexibility index (Phi) is 3.91.